The van der Waals surface area contributed by atoms with Crippen molar-refractivity contribution in [1.82, 2.24) is 4.90 Å². The van der Waals surface area contributed by atoms with Gasteiger partial charge >= 0.3 is 0 Å². The van der Waals surface area contributed by atoms with E-state index in [4.69, 9.17) is 14.2 Å². The molecule has 1 saturated heterocycles. The predicted molar refractivity (Wildman–Crippen MR) is 83.6 cm³/mol. The summed E-state index contributed by atoms with van der Waals surface area (Å²) in [6, 6.07) is 4.31. The van der Waals surface area contributed by atoms with Gasteiger partial charge in [0.1, 0.15) is 0 Å². The maximum Gasteiger partial charge on any atom is 0.231 e. The van der Waals surface area contributed by atoms with Crippen LogP contribution in [0.4, 0.5) is 0 Å². The largest absolute Gasteiger partial charge is 0.454 e. The molecule has 0 bridgehead atoms. The summed E-state index contributed by atoms with van der Waals surface area (Å²) in [6.45, 7) is 2.39. The summed E-state index contributed by atoms with van der Waals surface area (Å²) in [6.07, 6.45) is 4.18. The van der Waals surface area contributed by atoms with Crippen molar-refractivity contribution >= 4 is 0 Å². The fourth-order valence-corrected chi connectivity index (χ4v) is 4.87. The zero-order valence-corrected chi connectivity index (χ0v) is 13.2. The first kappa shape index (κ1) is 13.8. The van der Waals surface area contributed by atoms with Crippen molar-refractivity contribution in [3.8, 4) is 11.5 Å². The average molecular weight is 315 g/mol. The third-order valence-corrected chi connectivity index (χ3v) is 5.97. The van der Waals surface area contributed by atoms with Crippen molar-refractivity contribution in [3.63, 3.8) is 0 Å². The maximum atomic E-state index is 10.3. The lowest BCUT2D eigenvalue weighted by Gasteiger charge is -2.48. The van der Waals surface area contributed by atoms with Crippen molar-refractivity contribution in [2.45, 2.75) is 37.0 Å². The molecule has 23 heavy (non-hydrogen) atoms. The second kappa shape index (κ2) is 4.72. The Morgan fingerprint density at radius 2 is 2.00 bits per heavy atom. The van der Waals surface area contributed by atoms with Gasteiger partial charge in [-0.25, -0.2) is 0 Å². The molecule has 5 rings (SSSR count). The number of nitrogens with zero attached hydrogens (tertiary/aromatic N) is 1. The van der Waals surface area contributed by atoms with E-state index in [-0.39, 0.29) is 11.6 Å². The first-order valence-corrected chi connectivity index (χ1v) is 8.32. The van der Waals surface area contributed by atoms with Gasteiger partial charge in [-0.15, -0.1) is 0 Å². The number of aliphatic hydroxyl groups excluding tert-OH is 1. The molecule has 3 atom stereocenters. The lowest BCUT2D eigenvalue weighted by Crippen LogP contribution is -2.52. The van der Waals surface area contributed by atoms with Crippen LogP contribution in [0.5, 0.6) is 11.5 Å². The number of fused-ring (bicyclic) bond motifs is 2. The number of ether oxygens (including phenoxy) is 3. The monoisotopic (exact) mass is 315 g/mol. The molecule has 0 aromatic heterocycles. The van der Waals surface area contributed by atoms with Crippen LogP contribution in [-0.2, 0) is 16.7 Å². The molecule has 1 aliphatic carbocycles. The fourth-order valence-electron chi connectivity index (χ4n) is 4.87. The van der Waals surface area contributed by atoms with Crippen molar-refractivity contribution in [2.75, 3.05) is 27.0 Å². The zero-order valence-electron chi connectivity index (χ0n) is 13.2. The summed E-state index contributed by atoms with van der Waals surface area (Å²) in [7, 11) is 1.69. The van der Waals surface area contributed by atoms with E-state index >= 15 is 0 Å². The van der Waals surface area contributed by atoms with Crippen LogP contribution in [-0.4, -0.2) is 49.2 Å². The van der Waals surface area contributed by atoms with Crippen LogP contribution in [0.15, 0.2) is 23.8 Å². The first-order valence-electron chi connectivity index (χ1n) is 8.32. The summed E-state index contributed by atoms with van der Waals surface area (Å²) >= 11 is 0. The Morgan fingerprint density at radius 3 is 2.83 bits per heavy atom. The Morgan fingerprint density at radius 1 is 1.22 bits per heavy atom. The Balaban J connectivity index is 1.71. The van der Waals surface area contributed by atoms with Gasteiger partial charge in [0.05, 0.1) is 17.7 Å². The van der Waals surface area contributed by atoms with Crippen LogP contribution < -0.4 is 9.47 Å². The number of rotatable bonds is 1. The molecular weight excluding hydrogens is 294 g/mol. The van der Waals surface area contributed by atoms with Gasteiger partial charge in [-0.1, -0.05) is 6.08 Å². The van der Waals surface area contributed by atoms with Crippen LogP contribution >= 0.6 is 0 Å². The molecule has 1 spiro atoms. The van der Waals surface area contributed by atoms with E-state index < -0.39 is 6.10 Å². The highest BCUT2D eigenvalue weighted by Crippen LogP contribution is 2.54. The normalized spacial score (nSPS) is 34.6. The summed E-state index contributed by atoms with van der Waals surface area (Å²) in [4.78, 5) is 2.56. The van der Waals surface area contributed by atoms with Crippen molar-refractivity contribution in [3.05, 3.63) is 34.9 Å². The Hall–Kier alpha value is -1.56. The van der Waals surface area contributed by atoms with E-state index in [1.165, 1.54) is 16.7 Å². The number of hydrogen-bond donors (Lipinski definition) is 1. The topological polar surface area (TPSA) is 51.2 Å². The Labute approximate surface area is 135 Å². The summed E-state index contributed by atoms with van der Waals surface area (Å²) in [5, 5.41) is 10.3. The van der Waals surface area contributed by atoms with Crippen LogP contribution in [0.3, 0.4) is 0 Å². The SMILES string of the molecule is CO[C@@H]1C[C@@]23C(=C[C@H]1O)CCN2CCc1cc2c(cc13)OCO2. The minimum atomic E-state index is -0.514. The van der Waals surface area contributed by atoms with Gasteiger partial charge in [-0.05, 0) is 41.7 Å². The zero-order chi connectivity index (χ0) is 15.6. The van der Waals surface area contributed by atoms with E-state index in [1.54, 1.807) is 7.11 Å². The van der Waals surface area contributed by atoms with E-state index in [1.807, 2.05) is 6.08 Å². The molecule has 5 heteroatoms. The minimum absolute atomic E-state index is 0.144. The molecule has 0 saturated carbocycles. The maximum absolute atomic E-state index is 10.3. The molecule has 3 aliphatic heterocycles. The standard InChI is InChI=1S/C18H21NO4/c1-21-17-9-18-12(7-14(17)20)3-5-19(18)4-2-11-6-15-16(8-13(11)18)23-10-22-15/h6-8,14,17,20H,2-5,9-10H2,1H3/t14-,17-,18+/m1/s1. The Bertz CT molecular complexity index is 701. The molecule has 1 aromatic rings. The summed E-state index contributed by atoms with van der Waals surface area (Å²) in [5.41, 5.74) is 3.84. The molecule has 1 aromatic carbocycles. The molecule has 1 fully saturated rings. The third kappa shape index (κ3) is 1.73. The van der Waals surface area contributed by atoms with Crippen molar-refractivity contribution < 1.29 is 19.3 Å². The quantitative estimate of drug-likeness (QED) is 0.798. The summed E-state index contributed by atoms with van der Waals surface area (Å²) < 4.78 is 16.8. The molecule has 3 heterocycles. The van der Waals surface area contributed by atoms with Gasteiger partial charge in [0, 0.05) is 26.6 Å². The highest BCUT2D eigenvalue weighted by atomic mass is 16.7. The molecule has 0 amide bonds. The molecule has 1 N–H and O–H groups in total. The van der Waals surface area contributed by atoms with Crippen LogP contribution in [0.25, 0.3) is 0 Å². The molecule has 0 unspecified atom stereocenters. The molecule has 4 aliphatic rings. The van der Waals surface area contributed by atoms with Gasteiger partial charge in [0.2, 0.25) is 6.79 Å². The third-order valence-electron chi connectivity index (χ3n) is 5.97. The minimum Gasteiger partial charge on any atom is -0.454 e. The predicted octanol–water partition coefficient (Wildman–Crippen LogP) is 1.58. The van der Waals surface area contributed by atoms with Crippen molar-refractivity contribution in [1.29, 1.82) is 0 Å². The highest BCUT2D eigenvalue weighted by Gasteiger charge is 2.53. The Kier molecular flexibility index (Phi) is 2.84. The van der Waals surface area contributed by atoms with Gasteiger partial charge in [-0.3, -0.25) is 4.90 Å². The van der Waals surface area contributed by atoms with E-state index in [0.29, 0.717) is 6.79 Å². The number of methoxy groups -OCH3 is 1. The lowest BCUT2D eigenvalue weighted by molar-refractivity contribution is -0.0344. The van der Waals surface area contributed by atoms with Gasteiger partial charge < -0.3 is 19.3 Å². The molecule has 0 radical (unpaired) electrons. The van der Waals surface area contributed by atoms with Crippen molar-refractivity contribution in [2.24, 2.45) is 0 Å². The van der Waals surface area contributed by atoms with Gasteiger partial charge in [-0.2, -0.15) is 0 Å². The molecular formula is C18H21NO4. The summed E-state index contributed by atoms with van der Waals surface area (Å²) in [5.74, 6) is 1.70. The van der Waals surface area contributed by atoms with Gasteiger partial charge in [0.25, 0.3) is 0 Å². The number of benzene rings is 1. The van der Waals surface area contributed by atoms with Crippen LogP contribution in [0.2, 0.25) is 0 Å². The number of hydrogen-bond acceptors (Lipinski definition) is 5. The highest BCUT2D eigenvalue weighted by molar-refractivity contribution is 5.56. The number of aliphatic hydroxyl groups is 1. The van der Waals surface area contributed by atoms with E-state index in [9.17, 15) is 5.11 Å². The lowest BCUT2D eigenvalue weighted by atomic mass is 9.70. The van der Waals surface area contributed by atoms with Crippen LogP contribution in [0.1, 0.15) is 24.0 Å². The molecule has 122 valence electrons. The van der Waals surface area contributed by atoms with E-state index in [0.717, 1.165) is 43.9 Å². The average Bonchev–Trinajstić information content (AvgIpc) is 3.16. The molecule has 5 nitrogen and oxygen atoms in total. The smallest absolute Gasteiger partial charge is 0.231 e. The van der Waals surface area contributed by atoms with E-state index in [2.05, 4.69) is 17.0 Å². The van der Waals surface area contributed by atoms with Crippen LogP contribution in [0, 0.1) is 0 Å². The second-order valence-corrected chi connectivity index (χ2v) is 6.87. The first-order chi connectivity index (χ1) is 11.2. The fraction of sp³-hybridized carbons (Fsp3) is 0.556. The second-order valence-electron chi connectivity index (χ2n) is 6.87. The van der Waals surface area contributed by atoms with Gasteiger partial charge in [0.15, 0.2) is 11.5 Å².